The topological polar surface area (TPSA) is 87.7 Å². The van der Waals surface area contributed by atoms with Crippen molar-refractivity contribution in [2.45, 2.75) is 0 Å². The van der Waals surface area contributed by atoms with Crippen molar-refractivity contribution < 1.29 is 13.4 Å². The van der Waals surface area contributed by atoms with E-state index in [0.29, 0.717) is 26.6 Å². The number of nitrogens with zero attached hydrogens (tertiary/aromatic N) is 6. The molecule has 0 aliphatic carbocycles. The van der Waals surface area contributed by atoms with Crippen LogP contribution in [0.4, 0.5) is 4.39 Å². The van der Waals surface area contributed by atoms with E-state index in [1.165, 1.54) is 12.1 Å². The SMILES string of the molecule is Clc1ccc(-c2onc3ccc(-c4ccnn4-c4ccccc4Cl)cc23)cc1.Fc1ccc(-c2onc3ccc(-c4ccnn4-c4ccccc4Cl)cc23)cc1. The van der Waals surface area contributed by atoms with Crippen molar-refractivity contribution in [1.82, 2.24) is 29.9 Å². The molecular weight excluding hydrogens is 770 g/mol. The number of halogens is 4. The normalized spacial score (nSPS) is 11.2. The zero-order valence-corrected chi connectivity index (χ0v) is 31.3. The summed E-state index contributed by atoms with van der Waals surface area (Å²) in [4.78, 5) is 0. The third-order valence-corrected chi connectivity index (χ3v) is 10.1. The summed E-state index contributed by atoms with van der Waals surface area (Å²) >= 11 is 18.7. The lowest BCUT2D eigenvalue weighted by molar-refractivity contribution is 0.441. The first kappa shape index (κ1) is 35.2. The molecule has 0 spiro atoms. The van der Waals surface area contributed by atoms with Gasteiger partial charge in [-0.2, -0.15) is 10.2 Å². The molecule has 0 aliphatic rings. The molecule has 4 aromatic heterocycles. The predicted molar refractivity (Wildman–Crippen MR) is 219 cm³/mol. The van der Waals surface area contributed by atoms with Crippen LogP contribution >= 0.6 is 34.8 Å². The van der Waals surface area contributed by atoms with Gasteiger partial charge in [0, 0.05) is 27.3 Å². The summed E-state index contributed by atoms with van der Waals surface area (Å²) in [5.74, 6) is 1.01. The molecule has 10 aromatic rings. The number of fused-ring (bicyclic) bond motifs is 2. The summed E-state index contributed by atoms with van der Waals surface area (Å²) in [6.45, 7) is 0. The minimum atomic E-state index is -0.295. The second-order valence-corrected chi connectivity index (χ2v) is 13.9. The van der Waals surface area contributed by atoms with Crippen molar-refractivity contribution in [3.63, 3.8) is 0 Å². The molecule has 0 N–H and O–H groups in total. The van der Waals surface area contributed by atoms with Gasteiger partial charge in [-0.15, -0.1) is 0 Å². The van der Waals surface area contributed by atoms with Gasteiger partial charge in [0.05, 0.1) is 56.0 Å². The smallest absolute Gasteiger partial charge is 0.174 e. The number of hydrogen-bond acceptors (Lipinski definition) is 6. The van der Waals surface area contributed by atoms with Crippen LogP contribution in [0.1, 0.15) is 0 Å². The maximum absolute atomic E-state index is 13.3. The molecule has 4 heterocycles. The molecule has 10 rings (SSSR count). The lowest BCUT2D eigenvalue weighted by atomic mass is 10.0. The molecule has 0 fully saturated rings. The van der Waals surface area contributed by atoms with E-state index in [1.54, 1.807) is 29.2 Å². The molecule has 56 heavy (non-hydrogen) atoms. The lowest BCUT2D eigenvalue weighted by Gasteiger charge is -2.09. The minimum Gasteiger partial charge on any atom is -0.355 e. The van der Waals surface area contributed by atoms with E-state index < -0.39 is 0 Å². The van der Waals surface area contributed by atoms with Crippen LogP contribution < -0.4 is 0 Å². The second kappa shape index (κ2) is 15.0. The van der Waals surface area contributed by atoms with Gasteiger partial charge in [0.15, 0.2) is 11.5 Å². The van der Waals surface area contributed by atoms with Gasteiger partial charge < -0.3 is 9.05 Å². The quantitative estimate of drug-likeness (QED) is 0.167. The predicted octanol–water partition coefficient (Wildman–Crippen LogP) is 12.8. The highest BCUT2D eigenvalue weighted by atomic mass is 35.5. The van der Waals surface area contributed by atoms with Gasteiger partial charge in [0.25, 0.3) is 0 Å². The highest BCUT2D eigenvalue weighted by Crippen LogP contribution is 2.36. The van der Waals surface area contributed by atoms with E-state index in [0.717, 1.165) is 66.8 Å². The van der Waals surface area contributed by atoms with E-state index >= 15 is 0 Å². The standard InChI is InChI=1S/C22H13Cl2N3O.C22H13ClFN3O/c23-16-8-5-14(6-9-16)22-17-13-15(7-10-19(17)26-28-22)20-11-12-25-27(20)21-4-2-1-3-18(21)24;23-18-3-1-2-4-21(18)27-20(11-12-25-27)15-7-10-19-17(13-15)22(28-26-19)14-5-8-16(24)9-6-14/h2*1-13H. The molecule has 0 saturated heterocycles. The third kappa shape index (κ3) is 6.73. The van der Waals surface area contributed by atoms with Gasteiger partial charge in [-0.25, -0.2) is 13.8 Å². The summed E-state index contributed by atoms with van der Waals surface area (Å²) < 4.78 is 28.0. The van der Waals surface area contributed by atoms with Crippen molar-refractivity contribution in [3.8, 4) is 56.5 Å². The highest BCUT2D eigenvalue weighted by Gasteiger charge is 2.17. The summed E-state index contributed by atoms with van der Waals surface area (Å²) in [5, 5.41) is 20.9. The van der Waals surface area contributed by atoms with Crippen LogP contribution in [0.3, 0.4) is 0 Å². The molecule has 0 bridgehead atoms. The van der Waals surface area contributed by atoms with E-state index in [9.17, 15) is 4.39 Å². The number of para-hydroxylation sites is 2. The van der Waals surface area contributed by atoms with E-state index in [-0.39, 0.29) is 5.82 Å². The highest BCUT2D eigenvalue weighted by molar-refractivity contribution is 6.32. The van der Waals surface area contributed by atoms with Crippen LogP contribution in [-0.4, -0.2) is 29.9 Å². The van der Waals surface area contributed by atoms with Crippen LogP contribution in [0.15, 0.2) is 167 Å². The molecule has 12 heteroatoms. The number of hydrogen-bond donors (Lipinski definition) is 0. The molecule has 0 aliphatic heterocycles. The summed E-state index contributed by atoms with van der Waals surface area (Å²) in [7, 11) is 0. The van der Waals surface area contributed by atoms with Gasteiger partial charge in [0.1, 0.15) is 16.9 Å². The van der Waals surface area contributed by atoms with Crippen molar-refractivity contribution in [1.29, 1.82) is 0 Å². The Morgan fingerprint density at radius 3 is 1.36 bits per heavy atom. The number of rotatable bonds is 6. The first-order valence-electron chi connectivity index (χ1n) is 17.3. The third-order valence-electron chi connectivity index (χ3n) is 9.20. The van der Waals surface area contributed by atoms with Crippen molar-refractivity contribution >= 4 is 56.6 Å². The monoisotopic (exact) mass is 794 g/mol. The molecule has 0 radical (unpaired) electrons. The largest absolute Gasteiger partial charge is 0.355 e. The first-order valence-corrected chi connectivity index (χ1v) is 18.4. The number of benzene rings is 6. The van der Waals surface area contributed by atoms with Gasteiger partial charge in [0.2, 0.25) is 0 Å². The first-order chi connectivity index (χ1) is 27.4. The zero-order valence-electron chi connectivity index (χ0n) is 29.0. The maximum atomic E-state index is 13.3. The van der Waals surface area contributed by atoms with Gasteiger partial charge in [-0.3, -0.25) is 0 Å². The lowest BCUT2D eigenvalue weighted by Crippen LogP contribution is -1.99. The van der Waals surface area contributed by atoms with Gasteiger partial charge in [-0.1, -0.05) is 81.5 Å². The fraction of sp³-hybridized carbons (Fsp3) is 0. The summed E-state index contributed by atoms with van der Waals surface area (Å²) in [6, 6.07) is 44.6. The van der Waals surface area contributed by atoms with Gasteiger partial charge in [-0.05, 0) is 109 Å². The van der Waals surface area contributed by atoms with Crippen LogP contribution in [0.25, 0.3) is 78.3 Å². The second-order valence-electron chi connectivity index (χ2n) is 12.7. The fourth-order valence-corrected chi connectivity index (χ4v) is 7.05. The Bertz CT molecular complexity index is 2780. The average Bonchev–Trinajstić information content (AvgIpc) is 4.05. The Morgan fingerprint density at radius 1 is 0.464 bits per heavy atom. The molecular formula is C44H26Cl3FN6O2. The molecule has 272 valence electrons. The van der Waals surface area contributed by atoms with Gasteiger partial charge >= 0.3 is 0 Å². The van der Waals surface area contributed by atoms with Crippen molar-refractivity contribution in [2.75, 3.05) is 0 Å². The van der Waals surface area contributed by atoms with Crippen LogP contribution in [-0.2, 0) is 0 Å². The van der Waals surface area contributed by atoms with Crippen LogP contribution in [0, 0.1) is 5.82 Å². The molecule has 8 nitrogen and oxygen atoms in total. The number of aromatic nitrogens is 6. The average molecular weight is 796 g/mol. The zero-order chi connectivity index (χ0) is 38.2. The molecule has 0 amide bonds. The Labute approximate surface area is 333 Å². The molecule has 0 unspecified atom stereocenters. The molecule has 0 saturated carbocycles. The Kier molecular flexibility index (Phi) is 9.40. The van der Waals surface area contributed by atoms with E-state index in [2.05, 4.69) is 26.6 Å². The van der Waals surface area contributed by atoms with E-state index in [1.807, 2.05) is 120 Å². The van der Waals surface area contributed by atoms with Crippen molar-refractivity contribution in [2.24, 2.45) is 0 Å². The molecule has 6 aromatic carbocycles. The Morgan fingerprint density at radius 2 is 0.893 bits per heavy atom. The fourth-order valence-electron chi connectivity index (χ4n) is 6.50. The molecule has 0 atom stereocenters. The Hall–Kier alpha value is -6.52. The summed E-state index contributed by atoms with van der Waals surface area (Å²) in [6.07, 6.45) is 3.49. The maximum Gasteiger partial charge on any atom is 0.174 e. The van der Waals surface area contributed by atoms with E-state index in [4.69, 9.17) is 43.8 Å². The Balaban J connectivity index is 0.000000146. The van der Waals surface area contributed by atoms with Crippen molar-refractivity contribution in [3.05, 3.63) is 179 Å². The summed E-state index contributed by atoms with van der Waals surface area (Å²) in [5.41, 5.74) is 8.58. The van der Waals surface area contributed by atoms with Crippen LogP contribution in [0.5, 0.6) is 0 Å². The van der Waals surface area contributed by atoms with Crippen LogP contribution in [0.2, 0.25) is 15.1 Å². The minimum absolute atomic E-state index is 0.295.